The Morgan fingerprint density at radius 3 is 1.47 bits per heavy atom. The lowest BCUT2D eigenvalue weighted by Crippen LogP contribution is -2.13. The van der Waals surface area contributed by atoms with Crippen molar-refractivity contribution >= 4 is 82.7 Å². The van der Waals surface area contributed by atoms with E-state index in [1.807, 2.05) is 42.5 Å². The minimum Gasteiger partial charge on any atom is -0.268 e. The summed E-state index contributed by atoms with van der Waals surface area (Å²) in [4.78, 5) is 19.3. The largest absolute Gasteiger partial charge is 0.268 e. The van der Waals surface area contributed by atoms with Crippen molar-refractivity contribution in [1.82, 2.24) is 9.38 Å². The van der Waals surface area contributed by atoms with E-state index in [2.05, 4.69) is 116 Å². The average molecular weight is 673 g/mol. The fourth-order valence-corrected chi connectivity index (χ4v) is 9.76. The van der Waals surface area contributed by atoms with Crippen LogP contribution < -0.4 is 5.56 Å². The van der Waals surface area contributed by atoms with Crippen LogP contribution in [0.3, 0.4) is 0 Å². The van der Waals surface area contributed by atoms with Gasteiger partial charge in [0.1, 0.15) is 5.65 Å². The molecule has 0 fully saturated rings. The van der Waals surface area contributed by atoms with Crippen LogP contribution >= 0.6 is 0 Å². The second kappa shape index (κ2) is 10.0. The molecular formula is C50H28N2O. The van der Waals surface area contributed by atoms with E-state index in [9.17, 15) is 4.79 Å². The van der Waals surface area contributed by atoms with E-state index in [1.54, 1.807) is 4.40 Å². The van der Waals surface area contributed by atoms with Crippen molar-refractivity contribution in [1.29, 1.82) is 0 Å². The minimum absolute atomic E-state index is 0.0298. The first-order chi connectivity index (χ1) is 26.2. The lowest BCUT2D eigenvalue weighted by molar-refractivity contribution is 1.19. The summed E-state index contributed by atoms with van der Waals surface area (Å²) in [5.41, 5.74) is 14.1. The summed E-state index contributed by atoms with van der Waals surface area (Å²) in [6.45, 7) is 8.72. The van der Waals surface area contributed by atoms with Crippen molar-refractivity contribution in [2.75, 3.05) is 0 Å². The number of rotatable bonds is 4. The highest BCUT2D eigenvalue weighted by molar-refractivity contribution is 6.41. The molecule has 0 amide bonds. The molecule has 0 saturated carbocycles. The first-order valence-electron chi connectivity index (χ1n) is 18.0. The van der Waals surface area contributed by atoms with Gasteiger partial charge in [-0.2, -0.15) is 0 Å². The molecule has 0 saturated heterocycles. The van der Waals surface area contributed by atoms with Gasteiger partial charge in [0.05, 0.1) is 11.0 Å². The third-order valence-electron chi connectivity index (χ3n) is 11.8. The summed E-state index contributed by atoms with van der Waals surface area (Å²) in [6.07, 6.45) is 4.00. The number of pyridine rings is 1. The maximum atomic E-state index is 14.3. The fourth-order valence-electron chi connectivity index (χ4n) is 9.76. The van der Waals surface area contributed by atoms with Gasteiger partial charge in [0.25, 0.3) is 5.56 Å². The molecule has 11 aromatic rings. The number of hydrogen-bond acceptors (Lipinski definition) is 2. The zero-order valence-electron chi connectivity index (χ0n) is 28.6. The summed E-state index contributed by atoms with van der Waals surface area (Å²) in [7, 11) is 0. The summed E-state index contributed by atoms with van der Waals surface area (Å²) in [5, 5.41) is 11.0. The topological polar surface area (TPSA) is 34.4 Å². The summed E-state index contributed by atoms with van der Waals surface area (Å²) in [5.74, 6) is 0. The Morgan fingerprint density at radius 2 is 0.906 bits per heavy atom. The SMILES string of the molecule is C=Cc1c(C=C)c(-c2ccccc2)c2c(c1-c1ccccc1)-c1ccc3c4ccc5c(=O)n6c7ccccc7nc6c6ccc(c7ccc-2c1c37)c4c56. The van der Waals surface area contributed by atoms with Crippen LogP contribution in [0, 0.1) is 0 Å². The second-order valence-electron chi connectivity index (χ2n) is 14.2. The van der Waals surface area contributed by atoms with Gasteiger partial charge >= 0.3 is 0 Å². The summed E-state index contributed by atoms with van der Waals surface area (Å²) < 4.78 is 1.79. The van der Waals surface area contributed by atoms with E-state index in [0.717, 1.165) is 65.6 Å². The van der Waals surface area contributed by atoms with Crippen molar-refractivity contribution in [2.24, 2.45) is 0 Å². The highest BCUT2D eigenvalue weighted by Crippen LogP contribution is 2.59. The van der Waals surface area contributed by atoms with Crippen LogP contribution in [-0.2, 0) is 0 Å². The molecule has 3 heteroatoms. The van der Waals surface area contributed by atoms with Gasteiger partial charge in [0, 0.05) is 16.2 Å². The molecule has 12 rings (SSSR count). The molecular weight excluding hydrogens is 645 g/mol. The molecule has 0 bridgehead atoms. The van der Waals surface area contributed by atoms with Gasteiger partial charge < -0.3 is 0 Å². The Kier molecular flexibility index (Phi) is 5.41. The van der Waals surface area contributed by atoms with Crippen LogP contribution in [0.1, 0.15) is 11.1 Å². The third-order valence-corrected chi connectivity index (χ3v) is 11.8. The van der Waals surface area contributed by atoms with Crippen molar-refractivity contribution < 1.29 is 0 Å². The highest BCUT2D eigenvalue weighted by atomic mass is 16.1. The lowest BCUT2D eigenvalue weighted by Gasteiger charge is -2.22. The molecule has 0 atom stereocenters. The molecule has 2 heterocycles. The number of nitrogens with zero attached hydrogens (tertiary/aromatic N) is 2. The molecule has 1 aliphatic rings. The first-order valence-corrected chi connectivity index (χ1v) is 18.0. The summed E-state index contributed by atoms with van der Waals surface area (Å²) in [6, 6.07) is 47.1. The average Bonchev–Trinajstić information content (AvgIpc) is 3.77. The molecule has 244 valence electrons. The van der Waals surface area contributed by atoms with E-state index in [0.29, 0.717) is 5.65 Å². The van der Waals surface area contributed by atoms with E-state index < -0.39 is 0 Å². The quantitative estimate of drug-likeness (QED) is 0.138. The van der Waals surface area contributed by atoms with Gasteiger partial charge in [-0.15, -0.1) is 0 Å². The Bertz CT molecular complexity index is 3350. The monoisotopic (exact) mass is 672 g/mol. The predicted octanol–water partition coefficient (Wildman–Crippen LogP) is 12.8. The molecule has 1 aliphatic carbocycles. The van der Waals surface area contributed by atoms with E-state index in [4.69, 9.17) is 4.98 Å². The number of aromatic nitrogens is 2. The number of hydrogen-bond donors (Lipinski definition) is 0. The second-order valence-corrected chi connectivity index (χ2v) is 14.2. The molecule has 0 spiro atoms. The Morgan fingerprint density at radius 1 is 0.453 bits per heavy atom. The van der Waals surface area contributed by atoms with Gasteiger partial charge in [-0.1, -0.05) is 135 Å². The first kappa shape index (κ1) is 28.6. The molecule has 0 unspecified atom stereocenters. The Hall–Kier alpha value is -7.10. The van der Waals surface area contributed by atoms with Gasteiger partial charge in [-0.3, -0.25) is 9.20 Å². The lowest BCUT2D eigenvalue weighted by atomic mass is 9.80. The normalized spacial score (nSPS) is 12.4. The van der Waals surface area contributed by atoms with Crippen molar-refractivity contribution in [3.05, 3.63) is 168 Å². The Labute approximate surface area is 303 Å². The molecule has 2 aromatic heterocycles. The van der Waals surface area contributed by atoms with Crippen LogP contribution in [0.4, 0.5) is 0 Å². The smallest absolute Gasteiger partial charge is 0.264 e. The van der Waals surface area contributed by atoms with Crippen LogP contribution in [0.2, 0.25) is 0 Å². The fraction of sp³-hybridized carbons (Fsp3) is 0. The third kappa shape index (κ3) is 3.40. The Balaban J connectivity index is 1.27. The maximum Gasteiger partial charge on any atom is 0.264 e. The minimum atomic E-state index is -0.0298. The van der Waals surface area contributed by atoms with Gasteiger partial charge in [-0.05, 0) is 118 Å². The van der Waals surface area contributed by atoms with Crippen LogP contribution in [-0.4, -0.2) is 9.38 Å². The highest BCUT2D eigenvalue weighted by Gasteiger charge is 2.33. The number of imidazole rings is 1. The van der Waals surface area contributed by atoms with Gasteiger partial charge in [-0.25, -0.2) is 4.98 Å². The molecule has 53 heavy (non-hydrogen) atoms. The van der Waals surface area contributed by atoms with Crippen molar-refractivity contribution in [2.45, 2.75) is 0 Å². The molecule has 9 aromatic carbocycles. The van der Waals surface area contributed by atoms with Crippen molar-refractivity contribution in [3.63, 3.8) is 0 Å². The predicted molar refractivity (Wildman–Crippen MR) is 224 cm³/mol. The summed E-state index contributed by atoms with van der Waals surface area (Å²) >= 11 is 0. The van der Waals surface area contributed by atoms with Crippen LogP contribution in [0.15, 0.2) is 151 Å². The van der Waals surface area contributed by atoms with Crippen LogP contribution in [0.25, 0.3) is 127 Å². The molecule has 0 aliphatic heterocycles. The zero-order chi connectivity index (χ0) is 35.1. The molecule has 3 nitrogen and oxygen atoms in total. The zero-order valence-corrected chi connectivity index (χ0v) is 28.6. The van der Waals surface area contributed by atoms with Gasteiger partial charge in [0.15, 0.2) is 0 Å². The number of fused-ring (bicyclic) bond motifs is 9. The number of benzene rings is 9. The van der Waals surface area contributed by atoms with Crippen molar-refractivity contribution in [3.8, 4) is 44.5 Å². The number of para-hydroxylation sites is 2. The standard InChI is InChI=1S/C50H28N2O/c1-3-29-30(4-2)42(28-15-9-6-10-16-28)48-36-24-20-32-34-22-26-38-46-37(49-51-39-17-11-12-18-40(39)52(49)50(38)53)25-21-33(44(34)46)31-19-23-35(45(36)43(31)32)47(48)41(29)27-13-7-5-8-14-27/h3-26H,1-2H2. The molecule has 0 N–H and O–H groups in total. The molecule has 0 radical (unpaired) electrons. The van der Waals surface area contributed by atoms with E-state index >= 15 is 0 Å². The maximum absolute atomic E-state index is 14.3. The van der Waals surface area contributed by atoms with E-state index in [-0.39, 0.29) is 5.56 Å². The van der Waals surface area contributed by atoms with E-state index in [1.165, 1.54) is 54.9 Å². The van der Waals surface area contributed by atoms with Gasteiger partial charge in [0.2, 0.25) is 0 Å². The van der Waals surface area contributed by atoms with Crippen LogP contribution in [0.5, 0.6) is 0 Å².